The second-order valence-electron chi connectivity index (χ2n) is 5.34. The molecule has 0 unspecified atom stereocenters. The molecule has 3 rings (SSSR count). The van der Waals surface area contributed by atoms with E-state index in [4.69, 9.17) is 0 Å². The van der Waals surface area contributed by atoms with Gasteiger partial charge in [0.05, 0.1) is 18.0 Å². The van der Waals surface area contributed by atoms with Gasteiger partial charge in [0, 0.05) is 18.8 Å². The maximum absolute atomic E-state index is 9.41. The number of hydrogen-bond acceptors (Lipinski definition) is 3. The van der Waals surface area contributed by atoms with Gasteiger partial charge in [-0.3, -0.25) is 4.98 Å². The molecule has 1 aromatic heterocycles. The first-order valence-electron chi connectivity index (χ1n) is 7.45. The third-order valence-corrected chi connectivity index (χ3v) is 3.76. The van der Waals surface area contributed by atoms with E-state index in [1.807, 2.05) is 30.3 Å². The van der Waals surface area contributed by atoms with Crippen LogP contribution in [-0.2, 0) is 6.61 Å². The fraction of sp³-hybridized carbons (Fsp3) is 0.278. The molecule has 0 amide bonds. The van der Waals surface area contributed by atoms with Crippen molar-refractivity contribution in [1.82, 2.24) is 4.98 Å². The first kappa shape index (κ1) is 13.8. The lowest BCUT2D eigenvalue weighted by molar-refractivity contribution is 0.277. The molecular formula is C18H20N2O. The Kier molecular flexibility index (Phi) is 4.31. The molecule has 0 spiro atoms. The highest BCUT2D eigenvalue weighted by Crippen LogP contribution is 2.22. The van der Waals surface area contributed by atoms with Crippen LogP contribution < -0.4 is 4.90 Å². The molecule has 1 fully saturated rings. The number of aliphatic hydroxyl groups is 1. The minimum atomic E-state index is -0.0200. The van der Waals surface area contributed by atoms with Crippen LogP contribution in [0.25, 0.3) is 12.2 Å². The van der Waals surface area contributed by atoms with Crippen LogP contribution in [0.2, 0.25) is 0 Å². The van der Waals surface area contributed by atoms with Crippen LogP contribution >= 0.6 is 0 Å². The van der Waals surface area contributed by atoms with Crippen molar-refractivity contribution in [2.24, 2.45) is 0 Å². The fourth-order valence-electron chi connectivity index (χ4n) is 2.66. The quantitative estimate of drug-likeness (QED) is 0.933. The van der Waals surface area contributed by atoms with Crippen LogP contribution in [-0.4, -0.2) is 23.2 Å². The molecule has 1 N–H and O–H groups in total. The third kappa shape index (κ3) is 3.50. The van der Waals surface area contributed by atoms with Gasteiger partial charge in [0.15, 0.2) is 0 Å². The molecule has 3 nitrogen and oxygen atoms in total. The van der Waals surface area contributed by atoms with Gasteiger partial charge >= 0.3 is 0 Å². The molecule has 1 aliphatic rings. The Morgan fingerprint density at radius 3 is 2.52 bits per heavy atom. The molecule has 0 atom stereocenters. The molecule has 0 aliphatic carbocycles. The standard InChI is InChI=1S/C18H20N2O/c21-14-17-13-18(20-10-4-5-11-20)12-16(19-17)9-8-15-6-2-1-3-7-15/h1-3,6-9,12-13,21H,4-5,10-11,14H2. The zero-order chi connectivity index (χ0) is 14.5. The molecule has 1 aromatic carbocycles. The van der Waals surface area contributed by atoms with E-state index in [2.05, 4.69) is 34.2 Å². The average Bonchev–Trinajstić information content (AvgIpc) is 3.08. The third-order valence-electron chi connectivity index (χ3n) is 3.76. The lowest BCUT2D eigenvalue weighted by atomic mass is 10.2. The molecule has 1 saturated heterocycles. The Morgan fingerprint density at radius 1 is 1.05 bits per heavy atom. The SMILES string of the molecule is OCc1cc(N2CCCC2)cc(C=Cc2ccccc2)n1. The summed E-state index contributed by atoms with van der Waals surface area (Å²) in [5.74, 6) is 0. The van der Waals surface area contributed by atoms with E-state index < -0.39 is 0 Å². The smallest absolute Gasteiger partial charge is 0.0854 e. The van der Waals surface area contributed by atoms with E-state index in [1.54, 1.807) is 0 Å². The molecule has 0 bridgehead atoms. The number of hydrogen-bond donors (Lipinski definition) is 1. The summed E-state index contributed by atoms with van der Waals surface area (Å²) in [4.78, 5) is 6.84. The van der Waals surface area contributed by atoms with Gasteiger partial charge in [-0.1, -0.05) is 36.4 Å². The Bertz CT molecular complexity index is 616. The van der Waals surface area contributed by atoms with Gasteiger partial charge in [-0.2, -0.15) is 0 Å². The van der Waals surface area contributed by atoms with E-state index in [0.29, 0.717) is 0 Å². The van der Waals surface area contributed by atoms with Crippen molar-refractivity contribution in [3.8, 4) is 0 Å². The lowest BCUT2D eigenvalue weighted by Crippen LogP contribution is -2.18. The van der Waals surface area contributed by atoms with E-state index in [-0.39, 0.29) is 6.61 Å². The minimum absolute atomic E-state index is 0.0200. The van der Waals surface area contributed by atoms with Gasteiger partial charge in [0.1, 0.15) is 0 Å². The molecule has 2 heterocycles. The molecule has 2 aromatic rings. The van der Waals surface area contributed by atoms with Gasteiger partial charge in [-0.25, -0.2) is 0 Å². The fourth-order valence-corrected chi connectivity index (χ4v) is 2.66. The van der Waals surface area contributed by atoms with E-state index in [1.165, 1.54) is 18.5 Å². The number of nitrogens with zero attached hydrogens (tertiary/aromatic N) is 2. The monoisotopic (exact) mass is 280 g/mol. The zero-order valence-corrected chi connectivity index (χ0v) is 12.1. The Morgan fingerprint density at radius 2 is 1.81 bits per heavy atom. The van der Waals surface area contributed by atoms with Crippen molar-refractivity contribution in [1.29, 1.82) is 0 Å². The summed E-state index contributed by atoms with van der Waals surface area (Å²) in [7, 11) is 0. The van der Waals surface area contributed by atoms with Gasteiger partial charge in [-0.15, -0.1) is 0 Å². The van der Waals surface area contributed by atoms with Gasteiger partial charge < -0.3 is 10.0 Å². The van der Waals surface area contributed by atoms with E-state index in [9.17, 15) is 5.11 Å². The predicted molar refractivity (Wildman–Crippen MR) is 87.0 cm³/mol. The Balaban J connectivity index is 1.87. The number of aromatic nitrogens is 1. The predicted octanol–water partition coefficient (Wildman–Crippen LogP) is 3.34. The van der Waals surface area contributed by atoms with Crippen molar-refractivity contribution in [2.75, 3.05) is 18.0 Å². The number of rotatable bonds is 4. The van der Waals surface area contributed by atoms with Crippen LogP contribution in [0.5, 0.6) is 0 Å². The van der Waals surface area contributed by atoms with Crippen molar-refractivity contribution in [2.45, 2.75) is 19.4 Å². The topological polar surface area (TPSA) is 36.4 Å². The molecule has 1 aliphatic heterocycles. The number of aliphatic hydroxyl groups excluding tert-OH is 1. The largest absolute Gasteiger partial charge is 0.390 e. The first-order chi connectivity index (χ1) is 10.3. The highest BCUT2D eigenvalue weighted by atomic mass is 16.3. The Hall–Kier alpha value is -2.13. The molecule has 21 heavy (non-hydrogen) atoms. The zero-order valence-electron chi connectivity index (χ0n) is 12.1. The summed E-state index contributed by atoms with van der Waals surface area (Å²) in [5, 5.41) is 9.41. The van der Waals surface area contributed by atoms with Crippen molar-refractivity contribution in [3.63, 3.8) is 0 Å². The average molecular weight is 280 g/mol. The molecule has 0 radical (unpaired) electrons. The van der Waals surface area contributed by atoms with Crippen LogP contribution in [0, 0.1) is 0 Å². The van der Waals surface area contributed by atoms with Gasteiger partial charge in [0.25, 0.3) is 0 Å². The van der Waals surface area contributed by atoms with E-state index in [0.717, 1.165) is 30.0 Å². The number of pyridine rings is 1. The number of anilines is 1. The normalized spacial score (nSPS) is 15.0. The molecular weight excluding hydrogens is 260 g/mol. The minimum Gasteiger partial charge on any atom is -0.390 e. The second-order valence-corrected chi connectivity index (χ2v) is 5.34. The number of benzene rings is 1. The van der Waals surface area contributed by atoms with Crippen LogP contribution in [0.4, 0.5) is 5.69 Å². The van der Waals surface area contributed by atoms with Crippen molar-refractivity contribution >= 4 is 17.8 Å². The van der Waals surface area contributed by atoms with Gasteiger partial charge in [-0.05, 0) is 36.6 Å². The second kappa shape index (κ2) is 6.55. The van der Waals surface area contributed by atoms with Gasteiger partial charge in [0.2, 0.25) is 0 Å². The highest BCUT2D eigenvalue weighted by Gasteiger charge is 2.13. The summed E-state index contributed by atoms with van der Waals surface area (Å²) >= 11 is 0. The van der Waals surface area contributed by atoms with Crippen LogP contribution in [0.1, 0.15) is 29.8 Å². The maximum atomic E-state index is 9.41. The van der Waals surface area contributed by atoms with E-state index >= 15 is 0 Å². The summed E-state index contributed by atoms with van der Waals surface area (Å²) in [6, 6.07) is 14.3. The summed E-state index contributed by atoms with van der Waals surface area (Å²) in [6.45, 7) is 2.17. The van der Waals surface area contributed by atoms with Crippen molar-refractivity contribution in [3.05, 3.63) is 59.4 Å². The summed E-state index contributed by atoms with van der Waals surface area (Å²) in [5.41, 5.74) is 3.94. The van der Waals surface area contributed by atoms with Crippen LogP contribution in [0.15, 0.2) is 42.5 Å². The Labute approximate surface area is 125 Å². The highest BCUT2D eigenvalue weighted by molar-refractivity contribution is 5.69. The summed E-state index contributed by atoms with van der Waals surface area (Å²) in [6.07, 6.45) is 6.54. The van der Waals surface area contributed by atoms with Crippen molar-refractivity contribution < 1.29 is 5.11 Å². The maximum Gasteiger partial charge on any atom is 0.0854 e. The first-order valence-corrected chi connectivity index (χ1v) is 7.45. The lowest BCUT2D eigenvalue weighted by Gasteiger charge is -2.18. The van der Waals surface area contributed by atoms with Crippen LogP contribution in [0.3, 0.4) is 0 Å². The molecule has 0 saturated carbocycles. The molecule has 3 heteroatoms. The molecule has 108 valence electrons. The summed E-state index contributed by atoms with van der Waals surface area (Å²) < 4.78 is 0.